The highest BCUT2D eigenvalue weighted by molar-refractivity contribution is 5.62. The molecule has 2 unspecified atom stereocenters. The fourth-order valence-electron chi connectivity index (χ4n) is 5.44. The smallest absolute Gasteiger partial charge is 0.231 e. The normalized spacial score (nSPS) is 29.9. The van der Waals surface area contributed by atoms with Gasteiger partial charge in [0.25, 0.3) is 0 Å². The van der Waals surface area contributed by atoms with Gasteiger partial charge in [-0.2, -0.15) is 0 Å². The maximum Gasteiger partial charge on any atom is 0.231 e. The van der Waals surface area contributed by atoms with Gasteiger partial charge in [-0.1, -0.05) is 6.07 Å². The third kappa shape index (κ3) is 1.73. The van der Waals surface area contributed by atoms with Crippen LogP contribution < -0.4 is 18.9 Å². The zero-order valence-electron chi connectivity index (χ0n) is 15.4. The van der Waals surface area contributed by atoms with E-state index >= 15 is 0 Å². The van der Waals surface area contributed by atoms with Crippen LogP contribution in [0.4, 0.5) is 0 Å². The molecule has 2 aromatic carbocycles. The molecule has 6 nitrogen and oxygen atoms in total. The van der Waals surface area contributed by atoms with E-state index < -0.39 is 11.1 Å². The van der Waals surface area contributed by atoms with Crippen molar-refractivity contribution in [3.8, 4) is 23.0 Å². The number of nitrogens with zero attached hydrogens (tertiary/aromatic N) is 1. The van der Waals surface area contributed by atoms with Crippen LogP contribution in [-0.4, -0.2) is 37.2 Å². The maximum absolute atomic E-state index is 11.9. The lowest BCUT2D eigenvalue weighted by Gasteiger charge is -2.51. The summed E-state index contributed by atoms with van der Waals surface area (Å²) in [6, 6.07) is 8.02. The molecule has 0 aromatic heterocycles. The van der Waals surface area contributed by atoms with Gasteiger partial charge in [0.05, 0.1) is 5.54 Å². The Hall–Kier alpha value is -2.44. The molecule has 3 heterocycles. The molecule has 2 atom stereocenters. The highest BCUT2D eigenvalue weighted by atomic mass is 16.7. The molecule has 3 aliphatic heterocycles. The van der Waals surface area contributed by atoms with Crippen LogP contribution in [0.2, 0.25) is 0 Å². The van der Waals surface area contributed by atoms with Crippen LogP contribution in [0.3, 0.4) is 0 Å². The van der Waals surface area contributed by atoms with E-state index in [4.69, 9.17) is 18.9 Å². The van der Waals surface area contributed by atoms with Gasteiger partial charge in [-0.3, -0.25) is 4.90 Å². The Bertz CT molecular complexity index is 985. The van der Waals surface area contributed by atoms with Crippen LogP contribution >= 0.6 is 0 Å². The van der Waals surface area contributed by atoms with Crippen LogP contribution in [0, 0.1) is 0 Å². The molecule has 1 spiro atoms. The molecule has 2 aromatic rings. The molecule has 4 aliphatic rings. The Morgan fingerprint density at radius 1 is 0.963 bits per heavy atom. The van der Waals surface area contributed by atoms with E-state index in [9.17, 15) is 5.11 Å². The second-order valence-electron chi connectivity index (χ2n) is 7.97. The van der Waals surface area contributed by atoms with Crippen molar-refractivity contribution in [1.82, 2.24) is 4.90 Å². The number of likely N-dealkylation sites (N-methyl/N-ethyl adjacent to an activating group) is 1. The minimum absolute atomic E-state index is 0.228. The number of rotatable bonds is 0. The van der Waals surface area contributed by atoms with Crippen molar-refractivity contribution in [2.45, 2.75) is 30.9 Å². The van der Waals surface area contributed by atoms with E-state index in [0.29, 0.717) is 6.42 Å². The first-order valence-electron chi connectivity index (χ1n) is 9.31. The van der Waals surface area contributed by atoms with Gasteiger partial charge < -0.3 is 24.1 Å². The predicted octanol–water partition coefficient (Wildman–Crippen LogP) is 2.29. The van der Waals surface area contributed by atoms with Gasteiger partial charge in [0.2, 0.25) is 13.6 Å². The highest BCUT2D eigenvalue weighted by Crippen LogP contribution is 2.59. The lowest BCUT2D eigenvalue weighted by Crippen LogP contribution is -2.58. The largest absolute Gasteiger partial charge is 0.454 e. The molecule has 0 saturated heterocycles. The van der Waals surface area contributed by atoms with Crippen LogP contribution in [0.25, 0.3) is 0 Å². The van der Waals surface area contributed by atoms with E-state index in [0.717, 1.165) is 52.7 Å². The van der Waals surface area contributed by atoms with Crippen molar-refractivity contribution >= 4 is 0 Å². The summed E-state index contributed by atoms with van der Waals surface area (Å²) in [6.45, 7) is 3.25. The first kappa shape index (κ1) is 15.6. The summed E-state index contributed by atoms with van der Waals surface area (Å²) in [7, 11) is 2.09. The summed E-state index contributed by atoms with van der Waals surface area (Å²) in [5, 5.41) is 11.9. The average molecular weight is 367 g/mol. The van der Waals surface area contributed by atoms with Gasteiger partial charge in [0.15, 0.2) is 23.0 Å². The fourth-order valence-corrected chi connectivity index (χ4v) is 5.44. The van der Waals surface area contributed by atoms with Crippen molar-refractivity contribution < 1.29 is 24.1 Å². The molecule has 140 valence electrons. The molecule has 0 amide bonds. The fraction of sp³-hybridized carbons (Fsp3) is 0.429. The summed E-state index contributed by atoms with van der Waals surface area (Å²) in [4.78, 5) is 2.28. The van der Waals surface area contributed by atoms with Gasteiger partial charge in [-0.05, 0) is 55.3 Å². The minimum atomic E-state index is -1.08. The van der Waals surface area contributed by atoms with Crippen molar-refractivity contribution in [2.24, 2.45) is 0 Å². The molecule has 27 heavy (non-hydrogen) atoms. The monoisotopic (exact) mass is 367 g/mol. The van der Waals surface area contributed by atoms with Gasteiger partial charge in [0.1, 0.15) is 5.60 Å². The van der Waals surface area contributed by atoms with E-state index in [-0.39, 0.29) is 13.6 Å². The first-order valence-corrected chi connectivity index (χ1v) is 9.31. The number of hydrogen-bond acceptors (Lipinski definition) is 6. The Labute approximate surface area is 157 Å². The topological polar surface area (TPSA) is 60.4 Å². The van der Waals surface area contributed by atoms with Gasteiger partial charge in [-0.15, -0.1) is 0 Å². The lowest BCUT2D eigenvalue weighted by molar-refractivity contribution is -0.0984. The Morgan fingerprint density at radius 2 is 1.70 bits per heavy atom. The van der Waals surface area contributed by atoms with Crippen LogP contribution in [0.1, 0.15) is 29.2 Å². The molecular formula is C21H21NO5. The van der Waals surface area contributed by atoms with E-state index in [1.54, 1.807) is 0 Å². The number of benzene rings is 2. The summed E-state index contributed by atoms with van der Waals surface area (Å²) in [5.74, 6) is 3.07. The Morgan fingerprint density at radius 3 is 2.56 bits per heavy atom. The van der Waals surface area contributed by atoms with Gasteiger partial charge >= 0.3 is 0 Å². The first-order chi connectivity index (χ1) is 13.0. The van der Waals surface area contributed by atoms with Crippen LogP contribution in [-0.2, 0) is 24.0 Å². The van der Waals surface area contributed by atoms with E-state index in [2.05, 4.69) is 24.1 Å². The van der Waals surface area contributed by atoms with Crippen LogP contribution in [0.5, 0.6) is 23.0 Å². The summed E-state index contributed by atoms with van der Waals surface area (Å²) in [5.41, 5.74) is 2.58. The number of hydrogen-bond donors (Lipinski definition) is 1. The predicted molar refractivity (Wildman–Crippen MR) is 96.4 cm³/mol. The molecular weight excluding hydrogens is 346 g/mol. The van der Waals surface area contributed by atoms with Gasteiger partial charge in [0, 0.05) is 18.5 Å². The molecule has 6 heteroatoms. The van der Waals surface area contributed by atoms with E-state index in [1.807, 2.05) is 19.1 Å². The van der Waals surface area contributed by atoms with E-state index in [1.165, 1.54) is 5.56 Å². The van der Waals surface area contributed by atoms with Crippen molar-refractivity contribution in [2.75, 3.05) is 27.2 Å². The average Bonchev–Trinajstić information content (AvgIpc) is 3.34. The van der Waals surface area contributed by atoms with Crippen molar-refractivity contribution in [3.63, 3.8) is 0 Å². The molecule has 1 aliphatic carbocycles. The standard InChI is InChI=1S/C21H21NO5/c1-20(23)14-3-4-16-19(27-11-24-16)13(14)9-21(20)15-8-18-17(25-10-26-18)7-12(15)5-6-22(21)2/h3-4,7-8,23H,5-6,9-11H2,1-2H3. The SMILES string of the molecule is CN1CCc2cc3c(cc2C12Cc1c(ccc4c1OCO4)C2(C)O)OCO3. The second-order valence-corrected chi connectivity index (χ2v) is 7.97. The molecule has 0 radical (unpaired) electrons. The second kappa shape index (κ2) is 4.88. The van der Waals surface area contributed by atoms with Crippen molar-refractivity contribution in [3.05, 3.63) is 46.5 Å². The Kier molecular flexibility index (Phi) is 2.82. The molecule has 1 N–H and O–H groups in total. The maximum atomic E-state index is 11.9. The highest BCUT2D eigenvalue weighted by Gasteiger charge is 2.60. The zero-order valence-corrected chi connectivity index (χ0v) is 15.4. The van der Waals surface area contributed by atoms with Crippen LogP contribution in [0.15, 0.2) is 24.3 Å². The third-order valence-electron chi connectivity index (χ3n) is 6.82. The Balaban J connectivity index is 1.61. The lowest BCUT2D eigenvalue weighted by atomic mass is 9.70. The number of ether oxygens (including phenoxy) is 4. The van der Waals surface area contributed by atoms with Crippen molar-refractivity contribution in [1.29, 1.82) is 0 Å². The summed E-state index contributed by atoms with van der Waals surface area (Å²) in [6.07, 6.45) is 1.57. The zero-order chi connectivity index (χ0) is 18.4. The summed E-state index contributed by atoms with van der Waals surface area (Å²) >= 11 is 0. The molecule has 0 saturated carbocycles. The van der Waals surface area contributed by atoms with Gasteiger partial charge in [-0.25, -0.2) is 0 Å². The molecule has 0 fully saturated rings. The minimum Gasteiger partial charge on any atom is -0.454 e. The molecule has 6 rings (SSSR count). The molecule has 0 bridgehead atoms. The third-order valence-corrected chi connectivity index (χ3v) is 6.82. The summed E-state index contributed by atoms with van der Waals surface area (Å²) < 4.78 is 22.6. The number of aliphatic hydroxyl groups is 1. The number of fused-ring (bicyclic) bond motifs is 6. The quantitative estimate of drug-likeness (QED) is 0.771.